The number of aromatic nitrogens is 2. The van der Waals surface area contributed by atoms with Crippen molar-refractivity contribution < 1.29 is 0 Å². The number of benzene rings is 1. The van der Waals surface area contributed by atoms with Gasteiger partial charge in [0, 0.05) is 28.4 Å². The lowest BCUT2D eigenvalue weighted by Gasteiger charge is -2.29. The first kappa shape index (κ1) is 18.2. The van der Waals surface area contributed by atoms with E-state index in [0.717, 1.165) is 52.6 Å². The SMILES string of the molecule is CC(C)Sc1nc(-c2ccc(Br)cc2)c(C#N)c(N2CCCCC2)n1. The first-order valence-electron chi connectivity index (χ1n) is 8.58. The molecule has 0 N–H and O–H groups in total. The minimum absolute atomic E-state index is 0.389. The summed E-state index contributed by atoms with van der Waals surface area (Å²) in [7, 11) is 0. The molecule has 0 radical (unpaired) electrons. The predicted octanol–water partition coefficient (Wildman–Crippen LogP) is 5.27. The van der Waals surface area contributed by atoms with Crippen molar-refractivity contribution >= 4 is 33.5 Å². The van der Waals surface area contributed by atoms with Crippen molar-refractivity contribution in [2.75, 3.05) is 18.0 Å². The highest BCUT2D eigenvalue weighted by atomic mass is 79.9. The van der Waals surface area contributed by atoms with E-state index in [-0.39, 0.29) is 0 Å². The van der Waals surface area contributed by atoms with E-state index in [4.69, 9.17) is 9.97 Å². The highest BCUT2D eigenvalue weighted by Crippen LogP contribution is 2.33. The van der Waals surface area contributed by atoms with Crippen LogP contribution in [-0.4, -0.2) is 28.3 Å². The predicted molar refractivity (Wildman–Crippen MR) is 107 cm³/mol. The summed E-state index contributed by atoms with van der Waals surface area (Å²) < 4.78 is 1.01. The smallest absolute Gasteiger partial charge is 0.190 e. The Labute approximate surface area is 161 Å². The molecule has 0 atom stereocenters. The number of hydrogen-bond donors (Lipinski definition) is 0. The Balaban J connectivity index is 2.14. The molecule has 2 aromatic rings. The van der Waals surface area contributed by atoms with Crippen LogP contribution in [0.2, 0.25) is 0 Å². The van der Waals surface area contributed by atoms with Gasteiger partial charge in [-0.25, -0.2) is 9.97 Å². The molecule has 0 aliphatic carbocycles. The standard InChI is InChI=1S/C19H21BrN4S/c1-13(2)25-19-22-17(14-6-8-15(20)9-7-14)16(12-21)18(23-19)24-10-4-3-5-11-24/h6-9,13H,3-5,10-11H2,1-2H3. The van der Waals surface area contributed by atoms with Gasteiger partial charge in [0.25, 0.3) is 0 Å². The minimum Gasteiger partial charge on any atom is -0.355 e. The van der Waals surface area contributed by atoms with E-state index in [1.165, 1.54) is 6.42 Å². The summed E-state index contributed by atoms with van der Waals surface area (Å²) >= 11 is 5.11. The lowest BCUT2D eigenvalue weighted by atomic mass is 10.1. The largest absolute Gasteiger partial charge is 0.355 e. The van der Waals surface area contributed by atoms with Gasteiger partial charge in [0.2, 0.25) is 0 Å². The molecule has 3 rings (SSSR count). The van der Waals surface area contributed by atoms with E-state index in [9.17, 15) is 5.26 Å². The zero-order valence-electron chi connectivity index (χ0n) is 14.5. The maximum Gasteiger partial charge on any atom is 0.190 e. The van der Waals surface area contributed by atoms with Crippen molar-refractivity contribution in [3.8, 4) is 17.3 Å². The summed E-state index contributed by atoms with van der Waals surface area (Å²) in [6.07, 6.45) is 3.54. The van der Waals surface area contributed by atoms with Crippen LogP contribution in [0.5, 0.6) is 0 Å². The molecular weight excluding hydrogens is 396 g/mol. The molecule has 0 unspecified atom stereocenters. The molecule has 0 bridgehead atoms. The van der Waals surface area contributed by atoms with Gasteiger partial charge in [-0.3, -0.25) is 0 Å². The zero-order chi connectivity index (χ0) is 17.8. The Hall–Kier alpha value is -1.58. The fourth-order valence-electron chi connectivity index (χ4n) is 2.95. The monoisotopic (exact) mass is 416 g/mol. The lowest BCUT2D eigenvalue weighted by molar-refractivity contribution is 0.571. The summed E-state index contributed by atoms with van der Waals surface area (Å²) in [5.74, 6) is 0.790. The molecule has 6 heteroatoms. The Morgan fingerprint density at radius 2 is 1.80 bits per heavy atom. The lowest BCUT2D eigenvalue weighted by Crippen LogP contribution is -2.31. The van der Waals surface area contributed by atoms with Gasteiger partial charge in [0.1, 0.15) is 11.6 Å². The molecule has 130 valence electrons. The summed E-state index contributed by atoms with van der Waals surface area (Å²) in [5.41, 5.74) is 2.26. The quantitative estimate of drug-likeness (QED) is 0.501. The molecule has 4 nitrogen and oxygen atoms in total. The van der Waals surface area contributed by atoms with E-state index < -0.39 is 0 Å². The van der Waals surface area contributed by atoms with E-state index in [1.807, 2.05) is 24.3 Å². The summed E-state index contributed by atoms with van der Waals surface area (Å²) in [6.45, 7) is 6.17. The molecule has 0 spiro atoms. The van der Waals surface area contributed by atoms with Crippen LogP contribution < -0.4 is 4.90 Å². The van der Waals surface area contributed by atoms with Crippen molar-refractivity contribution in [3.63, 3.8) is 0 Å². The van der Waals surface area contributed by atoms with Gasteiger partial charge in [0.05, 0.1) is 5.69 Å². The van der Waals surface area contributed by atoms with Gasteiger partial charge in [0.15, 0.2) is 11.0 Å². The number of nitriles is 1. The van der Waals surface area contributed by atoms with E-state index in [0.29, 0.717) is 10.8 Å². The molecule has 25 heavy (non-hydrogen) atoms. The number of piperidine rings is 1. The average molecular weight is 417 g/mol. The highest BCUT2D eigenvalue weighted by molar-refractivity contribution is 9.10. The number of thioether (sulfide) groups is 1. The van der Waals surface area contributed by atoms with Gasteiger partial charge < -0.3 is 4.90 Å². The van der Waals surface area contributed by atoms with Crippen LogP contribution in [0, 0.1) is 11.3 Å². The van der Waals surface area contributed by atoms with E-state index >= 15 is 0 Å². The van der Waals surface area contributed by atoms with Crippen molar-refractivity contribution in [2.45, 2.75) is 43.5 Å². The molecule has 2 heterocycles. The molecule has 0 amide bonds. The third-order valence-corrected chi connectivity index (χ3v) is 5.49. The number of rotatable bonds is 4. The van der Waals surface area contributed by atoms with Crippen LogP contribution in [0.1, 0.15) is 38.7 Å². The number of nitrogens with zero attached hydrogens (tertiary/aromatic N) is 4. The van der Waals surface area contributed by atoms with Crippen molar-refractivity contribution in [1.29, 1.82) is 5.26 Å². The molecular formula is C19H21BrN4S. The average Bonchev–Trinajstić information content (AvgIpc) is 2.62. The van der Waals surface area contributed by atoms with Crippen LogP contribution in [-0.2, 0) is 0 Å². The summed E-state index contributed by atoms with van der Waals surface area (Å²) in [6, 6.07) is 10.3. The normalized spacial score (nSPS) is 14.6. The maximum absolute atomic E-state index is 9.85. The van der Waals surface area contributed by atoms with Gasteiger partial charge in [-0.05, 0) is 31.4 Å². The highest BCUT2D eigenvalue weighted by Gasteiger charge is 2.22. The Kier molecular flexibility index (Phi) is 5.98. The fourth-order valence-corrected chi connectivity index (χ4v) is 3.92. The van der Waals surface area contributed by atoms with Crippen molar-refractivity contribution in [2.24, 2.45) is 0 Å². The molecule has 1 aromatic carbocycles. The van der Waals surface area contributed by atoms with Gasteiger partial charge in [-0.2, -0.15) is 5.26 Å². The fraction of sp³-hybridized carbons (Fsp3) is 0.421. The third kappa shape index (κ3) is 4.34. The number of halogens is 1. The number of anilines is 1. The molecule has 0 saturated carbocycles. The number of hydrogen-bond acceptors (Lipinski definition) is 5. The third-order valence-electron chi connectivity index (χ3n) is 4.10. The van der Waals surface area contributed by atoms with E-state index in [2.05, 4.69) is 40.7 Å². The Morgan fingerprint density at radius 3 is 2.40 bits per heavy atom. The second kappa shape index (κ2) is 8.20. The molecule has 1 fully saturated rings. The van der Waals surface area contributed by atoms with Crippen molar-refractivity contribution in [3.05, 3.63) is 34.3 Å². The molecule has 1 aliphatic heterocycles. The van der Waals surface area contributed by atoms with Crippen LogP contribution >= 0.6 is 27.7 Å². The Bertz CT molecular complexity index is 777. The first-order chi connectivity index (χ1) is 12.1. The maximum atomic E-state index is 9.85. The van der Waals surface area contributed by atoms with Gasteiger partial charge in [-0.1, -0.05) is 53.7 Å². The van der Waals surface area contributed by atoms with Crippen molar-refractivity contribution in [1.82, 2.24) is 9.97 Å². The van der Waals surface area contributed by atoms with Gasteiger partial charge in [-0.15, -0.1) is 0 Å². The van der Waals surface area contributed by atoms with Gasteiger partial charge >= 0.3 is 0 Å². The molecule has 1 aromatic heterocycles. The van der Waals surface area contributed by atoms with Crippen LogP contribution in [0.3, 0.4) is 0 Å². The van der Waals surface area contributed by atoms with Crippen LogP contribution in [0.15, 0.2) is 33.9 Å². The summed E-state index contributed by atoms with van der Waals surface area (Å²) in [5, 5.41) is 11.0. The molecule has 1 aliphatic rings. The molecule has 1 saturated heterocycles. The van der Waals surface area contributed by atoms with Crippen LogP contribution in [0.4, 0.5) is 5.82 Å². The summed E-state index contributed by atoms with van der Waals surface area (Å²) in [4.78, 5) is 11.7. The minimum atomic E-state index is 0.389. The first-order valence-corrected chi connectivity index (χ1v) is 10.3. The Morgan fingerprint density at radius 1 is 1.12 bits per heavy atom. The van der Waals surface area contributed by atoms with E-state index in [1.54, 1.807) is 11.8 Å². The second-order valence-electron chi connectivity index (χ2n) is 6.39. The van der Waals surface area contributed by atoms with Crippen LogP contribution in [0.25, 0.3) is 11.3 Å². The topological polar surface area (TPSA) is 52.8 Å². The second-order valence-corrected chi connectivity index (χ2v) is 8.85. The zero-order valence-corrected chi connectivity index (χ0v) is 16.9.